The van der Waals surface area contributed by atoms with Gasteiger partial charge < -0.3 is 4.42 Å². The first-order valence-corrected chi connectivity index (χ1v) is 6.76. The van der Waals surface area contributed by atoms with E-state index in [1.807, 2.05) is 0 Å². The second-order valence-corrected chi connectivity index (χ2v) is 5.23. The molecule has 1 heterocycles. The smallest absolute Gasteiger partial charge is 0.347 e. The van der Waals surface area contributed by atoms with Crippen molar-refractivity contribution in [2.75, 3.05) is 0 Å². The van der Waals surface area contributed by atoms with Crippen LogP contribution in [0.2, 0.25) is 10.0 Å². The van der Waals surface area contributed by atoms with E-state index >= 15 is 0 Å². The summed E-state index contributed by atoms with van der Waals surface area (Å²) in [5.41, 5.74) is -0.120. The van der Waals surface area contributed by atoms with Crippen molar-refractivity contribution < 1.29 is 9.34 Å². The Labute approximate surface area is 133 Å². The van der Waals surface area contributed by atoms with Crippen LogP contribution in [0.1, 0.15) is 0 Å². The molecule has 0 aliphatic carbocycles. The summed E-state index contributed by atoms with van der Waals surface area (Å²) in [6.07, 6.45) is 0. The van der Waals surface area contributed by atoms with E-state index in [9.17, 15) is 14.9 Å². The molecule has 8 heteroatoms. The number of nitro groups is 1. The minimum Gasteiger partial charge on any atom is -0.403 e. The van der Waals surface area contributed by atoms with Gasteiger partial charge >= 0.3 is 5.63 Å². The molecule has 3 rings (SSSR count). The number of hydrogen-bond acceptors (Lipinski definition) is 5. The molecule has 0 atom stereocenters. The Morgan fingerprint density at radius 2 is 1.91 bits per heavy atom. The largest absolute Gasteiger partial charge is 0.403 e. The second-order valence-electron chi connectivity index (χ2n) is 4.39. The van der Waals surface area contributed by atoms with Gasteiger partial charge in [0.1, 0.15) is 0 Å². The molecular weight excluding hydrogens is 331 g/mol. The summed E-state index contributed by atoms with van der Waals surface area (Å²) in [7, 11) is 0. The van der Waals surface area contributed by atoms with E-state index in [4.69, 9.17) is 27.6 Å². The third-order valence-electron chi connectivity index (χ3n) is 2.98. The lowest BCUT2D eigenvalue weighted by atomic mass is 10.2. The Morgan fingerprint density at radius 3 is 2.59 bits per heavy atom. The molecule has 6 nitrogen and oxygen atoms in total. The molecule has 3 aromatic rings. The first-order chi connectivity index (χ1) is 10.5. The van der Waals surface area contributed by atoms with E-state index in [0.29, 0.717) is 10.5 Å². The normalized spacial score (nSPS) is 10.8. The number of non-ortho nitro benzene ring substituents is 1. The first-order valence-electron chi connectivity index (χ1n) is 6.00. The summed E-state index contributed by atoms with van der Waals surface area (Å²) >= 11 is 11.9. The number of hydrogen-bond donors (Lipinski definition) is 0. The zero-order chi connectivity index (χ0) is 15.9. The van der Waals surface area contributed by atoms with Crippen LogP contribution in [0.25, 0.3) is 22.4 Å². The van der Waals surface area contributed by atoms with Gasteiger partial charge in [0, 0.05) is 17.2 Å². The fourth-order valence-corrected chi connectivity index (χ4v) is 2.37. The number of nitrogens with zero attached hydrogens (tertiary/aromatic N) is 2. The zero-order valence-electron chi connectivity index (χ0n) is 10.7. The van der Waals surface area contributed by atoms with Crippen LogP contribution in [0.15, 0.2) is 45.6 Å². The van der Waals surface area contributed by atoms with Gasteiger partial charge in [0.05, 0.1) is 26.4 Å². The summed E-state index contributed by atoms with van der Waals surface area (Å²) in [6.45, 7) is 0. The Kier molecular flexibility index (Phi) is 3.56. The predicted molar refractivity (Wildman–Crippen MR) is 82.4 cm³/mol. The Hall–Kier alpha value is -2.44. The fourth-order valence-electron chi connectivity index (χ4n) is 1.95. The van der Waals surface area contributed by atoms with Crippen molar-refractivity contribution in [2.45, 2.75) is 0 Å². The van der Waals surface area contributed by atoms with Gasteiger partial charge in [-0.15, -0.1) is 0 Å². The van der Waals surface area contributed by atoms with Crippen molar-refractivity contribution in [3.8, 4) is 11.5 Å². The van der Waals surface area contributed by atoms with Crippen LogP contribution >= 0.6 is 23.2 Å². The van der Waals surface area contributed by atoms with Gasteiger partial charge in [0.2, 0.25) is 5.89 Å². The topological polar surface area (TPSA) is 86.2 Å². The SMILES string of the molecule is O=c1oc(-c2ccc([N+](=O)[O-])cc2Cl)nc2cc(Cl)ccc12. The van der Waals surface area contributed by atoms with Crippen LogP contribution in [-0.2, 0) is 0 Å². The Balaban J connectivity index is 2.22. The van der Waals surface area contributed by atoms with E-state index in [-0.39, 0.29) is 27.6 Å². The second kappa shape index (κ2) is 5.40. The lowest BCUT2D eigenvalue weighted by Gasteiger charge is -2.04. The maximum Gasteiger partial charge on any atom is 0.347 e. The first kappa shape index (κ1) is 14.5. The molecule has 2 aromatic carbocycles. The van der Waals surface area contributed by atoms with Crippen LogP contribution in [0.4, 0.5) is 5.69 Å². The van der Waals surface area contributed by atoms with E-state index < -0.39 is 10.5 Å². The maximum atomic E-state index is 12.0. The third kappa shape index (κ3) is 2.54. The molecule has 110 valence electrons. The van der Waals surface area contributed by atoms with E-state index in [2.05, 4.69) is 4.98 Å². The van der Waals surface area contributed by atoms with Crippen LogP contribution in [-0.4, -0.2) is 9.91 Å². The number of halogens is 2. The lowest BCUT2D eigenvalue weighted by molar-refractivity contribution is -0.384. The summed E-state index contributed by atoms with van der Waals surface area (Å²) < 4.78 is 5.13. The van der Waals surface area contributed by atoms with Gasteiger partial charge in [-0.3, -0.25) is 10.1 Å². The molecule has 0 aliphatic rings. The highest BCUT2D eigenvalue weighted by atomic mass is 35.5. The Bertz CT molecular complexity index is 969. The predicted octanol–water partition coefficient (Wildman–Crippen LogP) is 4.07. The van der Waals surface area contributed by atoms with Crippen molar-refractivity contribution in [3.05, 3.63) is 67.0 Å². The molecule has 0 amide bonds. The molecule has 0 radical (unpaired) electrons. The minimum atomic E-state index is -0.592. The van der Waals surface area contributed by atoms with Gasteiger partial charge in [-0.05, 0) is 24.3 Å². The van der Waals surface area contributed by atoms with Crippen molar-refractivity contribution in [1.82, 2.24) is 4.98 Å². The monoisotopic (exact) mass is 336 g/mol. The summed E-state index contributed by atoms with van der Waals surface area (Å²) in [5, 5.41) is 11.5. The summed E-state index contributed by atoms with van der Waals surface area (Å²) in [6, 6.07) is 8.39. The van der Waals surface area contributed by atoms with Gasteiger partial charge in [-0.25, -0.2) is 9.78 Å². The number of fused-ring (bicyclic) bond motifs is 1. The highest BCUT2D eigenvalue weighted by Crippen LogP contribution is 2.30. The van der Waals surface area contributed by atoms with Crippen molar-refractivity contribution in [1.29, 1.82) is 0 Å². The van der Waals surface area contributed by atoms with Gasteiger partial charge in [0.15, 0.2) is 0 Å². The number of aromatic nitrogens is 1. The standard InChI is InChI=1S/C14H6Cl2N2O4/c15-7-1-3-10-12(5-7)17-13(22-14(10)19)9-4-2-8(18(20)21)6-11(9)16/h1-6H. The van der Waals surface area contributed by atoms with E-state index in [1.165, 1.54) is 30.3 Å². The number of nitro benzene ring substituents is 1. The lowest BCUT2D eigenvalue weighted by Crippen LogP contribution is -2.03. The molecular formula is C14H6Cl2N2O4. The van der Waals surface area contributed by atoms with Crippen molar-refractivity contribution >= 4 is 39.8 Å². The molecule has 0 N–H and O–H groups in total. The molecule has 0 fully saturated rings. The Morgan fingerprint density at radius 1 is 1.14 bits per heavy atom. The average molecular weight is 337 g/mol. The zero-order valence-corrected chi connectivity index (χ0v) is 12.3. The van der Waals surface area contributed by atoms with Crippen LogP contribution in [0.3, 0.4) is 0 Å². The summed E-state index contributed by atoms with van der Waals surface area (Å²) in [4.78, 5) is 26.3. The quantitative estimate of drug-likeness (QED) is 0.520. The van der Waals surface area contributed by atoms with E-state index in [1.54, 1.807) is 6.07 Å². The molecule has 0 saturated carbocycles. The van der Waals surface area contributed by atoms with Gasteiger partial charge in [-0.1, -0.05) is 23.2 Å². The molecule has 0 bridgehead atoms. The highest BCUT2D eigenvalue weighted by molar-refractivity contribution is 6.33. The fraction of sp³-hybridized carbons (Fsp3) is 0. The molecule has 0 unspecified atom stereocenters. The molecule has 0 spiro atoms. The molecule has 0 aliphatic heterocycles. The summed E-state index contributed by atoms with van der Waals surface area (Å²) in [5.74, 6) is -0.0281. The van der Waals surface area contributed by atoms with Crippen molar-refractivity contribution in [3.63, 3.8) is 0 Å². The van der Waals surface area contributed by atoms with Crippen molar-refractivity contribution in [2.24, 2.45) is 0 Å². The van der Waals surface area contributed by atoms with Gasteiger partial charge in [-0.2, -0.15) is 0 Å². The maximum absolute atomic E-state index is 12.0. The number of benzene rings is 2. The van der Waals surface area contributed by atoms with Crippen LogP contribution in [0.5, 0.6) is 0 Å². The minimum absolute atomic E-state index is 0.0281. The molecule has 1 aromatic heterocycles. The van der Waals surface area contributed by atoms with Crippen LogP contribution < -0.4 is 5.63 Å². The molecule has 22 heavy (non-hydrogen) atoms. The molecule has 0 saturated heterocycles. The van der Waals surface area contributed by atoms with E-state index in [0.717, 1.165) is 0 Å². The average Bonchev–Trinajstić information content (AvgIpc) is 2.46. The van der Waals surface area contributed by atoms with Crippen LogP contribution in [0, 0.1) is 10.1 Å². The third-order valence-corrected chi connectivity index (χ3v) is 3.53. The van der Waals surface area contributed by atoms with Gasteiger partial charge in [0.25, 0.3) is 5.69 Å². The highest BCUT2D eigenvalue weighted by Gasteiger charge is 2.15. The number of rotatable bonds is 2.